The summed E-state index contributed by atoms with van der Waals surface area (Å²) in [5, 5.41) is 8.06. The summed E-state index contributed by atoms with van der Waals surface area (Å²) < 4.78 is 27.5. The monoisotopic (exact) mass is 427 g/mol. The first-order valence-corrected chi connectivity index (χ1v) is 11.9. The Morgan fingerprint density at radius 1 is 1.19 bits per heavy atom. The smallest absolute Gasteiger partial charge is 0.252 e. The number of piperidine rings is 1. The molecule has 2 amide bonds. The van der Waals surface area contributed by atoms with Gasteiger partial charge in [0.1, 0.15) is 4.21 Å². The van der Waals surface area contributed by atoms with E-state index in [1.54, 1.807) is 33.9 Å². The highest BCUT2D eigenvalue weighted by Crippen LogP contribution is 2.19. The molecule has 1 aliphatic rings. The van der Waals surface area contributed by atoms with E-state index in [9.17, 15) is 18.0 Å². The van der Waals surface area contributed by atoms with Crippen LogP contribution < -0.4 is 10.0 Å². The van der Waals surface area contributed by atoms with Gasteiger partial charge < -0.3 is 10.2 Å². The number of hydrogen-bond donors (Lipinski definition) is 2. The van der Waals surface area contributed by atoms with Crippen molar-refractivity contribution in [1.29, 1.82) is 0 Å². The van der Waals surface area contributed by atoms with Gasteiger partial charge in [0.15, 0.2) is 0 Å². The molecule has 0 atom stereocenters. The third-order valence-corrected chi connectivity index (χ3v) is 7.94. The first-order chi connectivity index (χ1) is 13.0. The Labute approximate surface area is 166 Å². The number of carbonyl (C=O) groups is 2. The van der Waals surface area contributed by atoms with E-state index >= 15 is 0 Å². The fourth-order valence-corrected chi connectivity index (χ4v) is 5.83. The molecule has 0 aromatic carbocycles. The van der Waals surface area contributed by atoms with Crippen molar-refractivity contribution in [2.24, 2.45) is 0 Å². The van der Waals surface area contributed by atoms with E-state index in [0.717, 1.165) is 0 Å². The average molecular weight is 428 g/mol. The number of amides is 2. The van der Waals surface area contributed by atoms with Crippen LogP contribution in [0.5, 0.6) is 0 Å². The van der Waals surface area contributed by atoms with Crippen molar-refractivity contribution in [2.75, 3.05) is 19.6 Å². The standard InChI is InChI=1S/C17H21N3O4S3/c21-15(3-7-18-17(22)13-6-11-25-12-13)20-8-4-14(5-9-20)19-27(23,24)16-2-1-10-26-16/h1-2,6,10-12,14,19H,3-5,7-9H2,(H,18,22). The number of likely N-dealkylation sites (tertiary alicyclic amines) is 1. The van der Waals surface area contributed by atoms with E-state index in [4.69, 9.17) is 0 Å². The zero-order valence-corrected chi connectivity index (χ0v) is 17.0. The molecule has 2 aromatic heterocycles. The number of nitrogens with one attached hydrogen (secondary N) is 2. The van der Waals surface area contributed by atoms with Crippen LogP contribution in [-0.2, 0) is 14.8 Å². The maximum Gasteiger partial charge on any atom is 0.252 e. The summed E-state index contributed by atoms with van der Waals surface area (Å²) in [6, 6.07) is 4.86. The Hall–Kier alpha value is -1.75. The van der Waals surface area contributed by atoms with Gasteiger partial charge in [-0.1, -0.05) is 6.07 Å². The number of hydrogen-bond acceptors (Lipinski definition) is 6. The van der Waals surface area contributed by atoms with Gasteiger partial charge in [-0.2, -0.15) is 11.3 Å². The van der Waals surface area contributed by atoms with Crippen LogP contribution in [-0.4, -0.2) is 50.8 Å². The molecule has 10 heteroatoms. The molecule has 27 heavy (non-hydrogen) atoms. The Morgan fingerprint density at radius 3 is 2.59 bits per heavy atom. The minimum absolute atomic E-state index is 0.0276. The molecule has 0 unspecified atom stereocenters. The molecule has 1 aliphatic heterocycles. The van der Waals surface area contributed by atoms with Gasteiger partial charge in [0.2, 0.25) is 15.9 Å². The fraction of sp³-hybridized carbons (Fsp3) is 0.412. The quantitative estimate of drug-likeness (QED) is 0.705. The molecule has 3 heterocycles. The number of sulfonamides is 1. The molecule has 2 aromatic rings. The van der Waals surface area contributed by atoms with Crippen LogP contribution in [0.2, 0.25) is 0 Å². The van der Waals surface area contributed by atoms with Crippen LogP contribution in [0.15, 0.2) is 38.5 Å². The van der Waals surface area contributed by atoms with Crippen LogP contribution in [0.25, 0.3) is 0 Å². The Kier molecular flexibility index (Phi) is 6.64. The predicted molar refractivity (Wildman–Crippen MR) is 106 cm³/mol. The topological polar surface area (TPSA) is 95.6 Å². The maximum absolute atomic E-state index is 12.3. The molecule has 7 nitrogen and oxygen atoms in total. The summed E-state index contributed by atoms with van der Waals surface area (Å²) in [5.41, 5.74) is 0.603. The lowest BCUT2D eigenvalue weighted by atomic mass is 10.1. The predicted octanol–water partition coefficient (Wildman–Crippen LogP) is 1.90. The molecule has 0 bridgehead atoms. The average Bonchev–Trinajstić information content (AvgIpc) is 3.36. The normalized spacial score (nSPS) is 15.6. The minimum Gasteiger partial charge on any atom is -0.351 e. The zero-order valence-electron chi connectivity index (χ0n) is 14.6. The van der Waals surface area contributed by atoms with E-state index < -0.39 is 10.0 Å². The van der Waals surface area contributed by atoms with Gasteiger partial charge in [0, 0.05) is 43.0 Å². The molecular weight excluding hydrogens is 406 g/mol. The van der Waals surface area contributed by atoms with Crippen molar-refractivity contribution in [3.8, 4) is 0 Å². The number of rotatable bonds is 7. The maximum atomic E-state index is 12.3. The first kappa shape index (κ1) is 20.0. The molecule has 0 aliphatic carbocycles. The zero-order chi connectivity index (χ0) is 19.3. The summed E-state index contributed by atoms with van der Waals surface area (Å²) in [4.78, 5) is 25.9. The van der Waals surface area contributed by atoms with Crippen LogP contribution in [0.1, 0.15) is 29.6 Å². The van der Waals surface area contributed by atoms with Gasteiger partial charge in [0.25, 0.3) is 5.91 Å². The van der Waals surface area contributed by atoms with Crippen molar-refractivity contribution >= 4 is 44.5 Å². The van der Waals surface area contributed by atoms with Crippen molar-refractivity contribution in [1.82, 2.24) is 14.9 Å². The van der Waals surface area contributed by atoms with Gasteiger partial charge in [-0.05, 0) is 35.7 Å². The van der Waals surface area contributed by atoms with Gasteiger partial charge in [-0.25, -0.2) is 13.1 Å². The molecule has 0 saturated carbocycles. The van der Waals surface area contributed by atoms with Crippen LogP contribution in [0.4, 0.5) is 0 Å². The van der Waals surface area contributed by atoms with E-state index in [2.05, 4.69) is 10.0 Å². The van der Waals surface area contributed by atoms with Crippen LogP contribution in [0.3, 0.4) is 0 Å². The summed E-state index contributed by atoms with van der Waals surface area (Å²) in [6.45, 7) is 1.31. The summed E-state index contributed by atoms with van der Waals surface area (Å²) in [6.07, 6.45) is 1.40. The van der Waals surface area contributed by atoms with E-state index in [0.29, 0.717) is 42.2 Å². The number of carbonyl (C=O) groups excluding carboxylic acids is 2. The summed E-state index contributed by atoms with van der Waals surface area (Å²) in [7, 11) is -3.48. The largest absolute Gasteiger partial charge is 0.351 e. The van der Waals surface area contributed by atoms with E-state index in [-0.39, 0.29) is 24.3 Å². The van der Waals surface area contributed by atoms with Crippen molar-refractivity contribution in [3.63, 3.8) is 0 Å². The first-order valence-electron chi connectivity index (χ1n) is 8.60. The molecule has 1 fully saturated rings. The lowest BCUT2D eigenvalue weighted by Gasteiger charge is -2.32. The van der Waals surface area contributed by atoms with Crippen molar-refractivity contribution in [2.45, 2.75) is 29.5 Å². The number of thiophene rings is 2. The van der Waals surface area contributed by atoms with E-state index in [1.807, 2.05) is 5.38 Å². The second kappa shape index (κ2) is 8.96. The number of nitrogens with zero attached hydrogens (tertiary/aromatic N) is 1. The second-order valence-corrected chi connectivity index (χ2v) is 9.89. The SMILES string of the molecule is O=C(NCCC(=O)N1CCC(NS(=O)(=O)c2cccs2)CC1)c1ccsc1. The molecule has 3 rings (SSSR count). The van der Waals surface area contributed by atoms with Crippen LogP contribution >= 0.6 is 22.7 Å². The lowest BCUT2D eigenvalue weighted by molar-refractivity contribution is -0.132. The summed E-state index contributed by atoms with van der Waals surface area (Å²) in [5.74, 6) is -0.203. The van der Waals surface area contributed by atoms with Crippen molar-refractivity contribution in [3.05, 3.63) is 39.9 Å². The Morgan fingerprint density at radius 2 is 1.96 bits per heavy atom. The third-order valence-electron chi connectivity index (χ3n) is 4.34. The second-order valence-electron chi connectivity index (χ2n) is 6.23. The van der Waals surface area contributed by atoms with Gasteiger partial charge in [0.05, 0.1) is 0 Å². The van der Waals surface area contributed by atoms with Gasteiger partial charge in [-0.3, -0.25) is 9.59 Å². The molecule has 0 spiro atoms. The Balaban J connectivity index is 1.39. The van der Waals surface area contributed by atoms with Crippen LogP contribution in [0, 0.1) is 0 Å². The molecule has 1 saturated heterocycles. The van der Waals surface area contributed by atoms with Gasteiger partial charge >= 0.3 is 0 Å². The van der Waals surface area contributed by atoms with Crippen molar-refractivity contribution < 1.29 is 18.0 Å². The fourth-order valence-electron chi connectivity index (χ4n) is 2.88. The molecule has 0 radical (unpaired) electrons. The molecule has 2 N–H and O–H groups in total. The molecular formula is C17H21N3O4S3. The summed E-state index contributed by atoms with van der Waals surface area (Å²) >= 11 is 2.63. The Bertz CT molecular complexity index is 855. The molecule has 146 valence electrons. The lowest BCUT2D eigenvalue weighted by Crippen LogP contribution is -2.46. The highest BCUT2D eigenvalue weighted by atomic mass is 32.2. The van der Waals surface area contributed by atoms with Gasteiger partial charge in [-0.15, -0.1) is 11.3 Å². The highest BCUT2D eigenvalue weighted by Gasteiger charge is 2.26. The van der Waals surface area contributed by atoms with E-state index in [1.165, 1.54) is 22.7 Å². The third kappa shape index (κ3) is 5.38. The highest BCUT2D eigenvalue weighted by molar-refractivity contribution is 7.91. The minimum atomic E-state index is -3.48.